The van der Waals surface area contributed by atoms with Crippen molar-refractivity contribution in [3.63, 3.8) is 0 Å². The Bertz CT molecular complexity index is 468. The van der Waals surface area contributed by atoms with Crippen LogP contribution >= 0.6 is 0 Å². The molecule has 1 atom stereocenters. The first kappa shape index (κ1) is 12.0. The molecule has 92 valence electrons. The summed E-state index contributed by atoms with van der Waals surface area (Å²) in [4.78, 5) is 11.3. The monoisotopic (exact) mass is 250 g/mol. The molecule has 1 aliphatic rings. The van der Waals surface area contributed by atoms with E-state index in [1.807, 2.05) is 0 Å². The van der Waals surface area contributed by atoms with Crippen LogP contribution in [-0.4, -0.2) is 5.78 Å². The van der Waals surface area contributed by atoms with Gasteiger partial charge in [-0.1, -0.05) is 0 Å². The molecule has 0 spiro atoms. The zero-order valence-electron chi connectivity index (χ0n) is 8.50. The Kier molecular flexibility index (Phi) is 2.89. The summed E-state index contributed by atoms with van der Waals surface area (Å²) in [6, 6.07) is 0. The highest BCUT2D eigenvalue weighted by atomic mass is 19.2. The number of ketones is 1. The van der Waals surface area contributed by atoms with Crippen molar-refractivity contribution in [2.24, 2.45) is 0 Å². The predicted octanol–water partition coefficient (Wildman–Crippen LogP) is 3.22. The standard InChI is InChI=1S/C11H7F5O/c12-7-6(4-2-1-3-5(4)17)8(13)10(15)11(16)9(7)14/h4H,1-3H2. The number of rotatable bonds is 1. The number of halogens is 5. The fraction of sp³-hybridized carbons (Fsp3) is 0.364. The third-order valence-corrected chi connectivity index (χ3v) is 2.90. The summed E-state index contributed by atoms with van der Waals surface area (Å²) in [5, 5.41) is 0. The van der Waals surface area contributed by atoms with Gasteiger partial charge in [0.1, 0.15) is 5.78 Å². The predicted molar refractivity (Wildman–Crippen MR) is 47.8 cm³/mol. The van der Waals surface area contributed by atoms with E-state index in [0.29, 0.717) is 6.42 Å². The lowest BCUT2D eigenvalue weighted by Crippen LogP contribution is -2.14. The Morgan fingerprint density at radius 2 is 1.29 bits per heavy atom. The maximum absolute atomic E-state index is 13.4. The Morgan fingerprint density at radius 3 is 1.71 bits per heavy atom. The van der Waals surface area contributed by atoms with E-state index in [1.54, 1.807) is 0 Å². The van der Waals surface area contributed by atoms with Gasteiger partial charge in [-0.25, -0.2) is 22.0 Å². The van der Waals surface area contributed by atoms with Gasteiger partial charge in [0, 0.05) is 17.9 Å². The topological polar surface area (TPSA) is 17.1 Å². The molecule has 0 radical (unpaired) electrons. The van der Waals surface area contributed by atoms with E-state index in [4.69, 9.17) is 0 Å². The van der Waals surface area contributed by atoms with Crippen molar-refractivity contribution in [1.82, 2.24) is 0 Å². The highest BCUT2D eigenvalue weighted by Crippen LogP contribution is 2.36. The second kappa shape index (κ2) is 4.09. The highest BCUT2D eigenvalue weighted by molar-refractivity contribution is 5.87. The Hall–Kier alpha value is -1.46. The van der Waals surface area contributed by atoms with Crippen molar-refractivity contribution in [3.8, 4) is 0 Å². The second-order valence-electron chi connectivity index (χ2n) is 3.89. The van der Waals surface area contributed by atoms with Crippen LogP contribution in [-0.2, 0) is 4.79 Å². The normalized spacial score (nSPS) is 20.1. The minimum atomic E-state index is -2.20. The molecule has 0 aromatic heterocycles. The van der Waals surface area contributed by atoms with E-state index in [0.717, 1.165) is 0 Å². The van der Waals surface area contributed by atoms with Gasteiger partial charge in [-0.3, -0.25) is 4.79 Å². The van der Waals surface area contributed by atoms with Crippen LogP contribution in [0.4, 0.5) is 22.0 Å². The summed E-state index contributed by atoms with van der Waals surface area (Å²) < 4.78 is 65.3. The smallest absolute Gasteiger partial charge is 0.200 e. The van der Waals surface area contributed by atoms with E-state index in [-0.39, 0.29) is 12.8 Å². The van der Waals surface area contributed by atoms with Gasteiger partial charge in [-0.2, -0.15) is 0 Å². The highest BCUT2D eigenvalue weighted by Gasteiger charge is 2.35. The lowest BCUT2D eigenvalue weighted by atomic mass is 9.95. The number of Topliss-reactive ketones (excluding diaryl/α,β-unsaturated/α-hetero) is 1. The van der Waals surface area contributed by atoms with E-state index in [9.17, 15) is 26.7 Å². The minimum Gasteiger partial charge on any atom is -0.299 e. The average Bonchev–Trinajstić information content (AvgIpc) is 2.71. The number of hydrogen-bond donors (Lipinski definition) is 0. The SMILES string of the molecule is O=C1CCCC1c1c(F)c(F)c(F)c(F)c1F. The van der Waals surface area contributed by atoms with Gasteiger partial charge >= 0.3 is 0 Å². The first-order chi connectivity index (χ1) is 7.95. The van der Waals surface area contributed by atoms with Crippen LogP contribution in [0.3, 0.4) is 0 Å². The second-order valence-corrected chi connectivity index (χ2v) is 3.89. The molecule has 1 fully saturated rings. The molecule has 1 nitrogen and oxygen atoms in total. The van der Waals surface area contributed by atoms with Crippen LogP contribution in [0, 0.1) is 29.1 Å². The molecule has 1 unspecified atom stereocenters. The van der Waals surface area contributed by atoms with Crippen molar-refractivity contribution in [2.75, 3.05) is 0 Å². The van der Waals surface area contributed by atoms with E-state index >= 15 is 0 Å². The molecular formula is C11H7F5O. The molecule has 1 aliphatic carbocycles. The van der Waals surface area contributed by atoms with E-state index in [1.165, 1.54) is 0 Å². The third-order valence-electron chi connectivity index (χ3n) is 2.90. The zero-order valence-corrected chi connectivity index (χ0v) is 8.50. The molecule has 1 aromatic rings. The van der Waals surface area contributed by atoms with E-state index < -0.39 is 46.4 Å². The van der Waals surface area contributed by atoms with Gasteiger partial charge in [0.25, 0.3) is 0 Å². The Labute approximate surface area is 93.2 Å². The molecule has 0 heterocycles. The van der Waals surface area contributed by atoms with Crippen LogP contribution in [0.5, 0.6) is 0 Å². The van der Waals surface area contributed by atoms with Crippen molar-refractivity contribution in [1.29, 1.82) is 0 Å². The average molecular weight is 250 g/mol. The lowest BCUT2D eigenvalue weighted by molar-refractivity contribution is -0.118. The Balaban J connectivity index is 2.65. The van der Waals surface area contributed by atoms with Gasteiger partial charge < -0.3 is 0 Å². The van der Waals surface area contributed by atoms with Crippen LogP contribution in [0.2, 0.25) is 0 Å². The Morgan fingerprint density at radius 1 is 0.824 bits per heavy atom. The molecule has 0 aliphatic heterocycles. The first-order valence-electron chi connectivity index (χ1n) is 4.99. The molecule has 0 saturated heterocycles. The summed E-state index contributed by atoms with van der Waals surface area (Å²) in [5.74, 6) is -11.7. The summed E-state index contributed by atoms with van der Waals surface area (Å²) in [7, 11) is 0. The lowest BCUT2D eigenvalue weighted by Gasteiger charge is -2.12. The van der Waals surface area contributed by atoms with Gasteiger partial charge in [0.15, 0.2) is 23.3 Å². The maximum Gasteiger partial charge on any atom is 0.200 e. The van der Waals surface area contributed by atoms with Crippen molar-refractivity contribution < 1.29 is 26.7 Å². The van der Waals surface area contributed by atoms with Gasteiger partial charge in [0.2, 0.25) is 5.82 Å². The summed E-state index contributed by atoms with van der Waals surface area (Å²) in [5.41, 5.74) is -0.996. The number of carbonyl (C=O) groups is 1. The third kappa shape index (κ3) is 1.71. The molecule has 17 heavy (non-hydrogen) atoms. The quantitative estimate of drug-likeness (QED) is 0.425. The fourth-order valence-electron chi connectivity index (χ4n) is 2.05. The summed E-state index contributed by atoms with van der Waals surface area (Å²) >= 11 is 0. The molecule has 0 amide bonds. The van der Waals surface area contributed by atoms with Crippen molar-refractivity contribution >= 4 is 5.78 Å². The molecular weight excluding hydrogens is 243 g/mol. The van der Waals surface area contributed by atoms with Crippen LogP contribution in [0.25, 0.3) is 0 Å². The molecule has 0 N–H and O–H groups in total. The van der Waals surface area contributed by atoms with Gasteiger partial charge in [-0.15, -0.1) is 0 Å². The summed E-state index contributed by atoms with van der Waals surface area (Å²) in [6.45, 7) is 0. The maximum atomic E-state index is 13.4. The zero-order chi connectivity index (χ0) is 12.7. The minimum absolute atomic E-state index is 0.101. The van der Waals surface area contributed by atoms with Crippen LogP contribution < -0.4 is 0 Å². The molecule has 1 aromatic carbocycles. The van der Waals surface area contributed by atoms with Gasteiger partial charge in [-0.05, 0) is 12.8 Å². The molecule has 0 bridgehead atoms. The van der Waals surface area contributed by atoms with Crippen LogP contribution in [0.1, 0.15) is 30.7 Å². The van der Waals surface area contributed by atoms with Crippen molar-refractivity contribution in [3.05, 3.63) is 34.6 Å². The number of hydrogen-bond acceptors (Lipinski definition) is 1. The molecule has 1 saturated carbocycles. The van der Waals surface area contributed by atoms with Crippen molar-refractivity contribution in [2.45, 2.75) is 25.2 Å². The summed E-state index contributed by atoms with van der Waals surface area (Å²) in [6.07, 6.45) is 0.602. The number of carbonyl (C=O) groups excluding carboxylic acids is 1. The first-order valence-corrected chi connectivity index (χ1v) is 4.99. The largest absolute Gasteiger partial charge is 0.299 e. The molecule has 6 heteroatoms. The molecule has 2 rings (SSSR count). The van der Waals surface area contributed by atoms with E-state index in [2.05, 4.69) is 0 Å². The van der Waals surface area contributed by atoms with Crippen LogP contribution in [0.15, 0.2) is 0 Å². The number of benzene rings is 1. The van der Waals surface area contributed by atoms with Gasteiger partial charge in [0.05, 0.1) is 0 Å². The fourth-order valence-corrected chi connectivity index (χ4v) is 2.05.